The van der Waals surface area contributed by atoms with Crippen LogP contribution >= 0.6 is 0 Å². The molecule has 0 aromatic carbocycles. The van der Waals surface area contributed by atoms with Crippen LogP contribution in [0.5, 0.6) is 0 Å². The third-order valence-electron chi connectivity index (χ3n) is 3.46. The van der Waals surface area contributed by atoms with Crippen LogP contribution < -0.4 is 10.6 Å². The minimum atomic E-state index is -0.0199. The summed E-state index contributed by atoms with van der Waals surface area (Å²) in [6.07, 6.45) is 6.13. The van der Waals surface area contributed by atoms with E-state index in [1.165, 1.54) is 12.8 Å². The van der Waals surface area contributed by atoms with Gasteiger partial charge in [-0.1, -0.05) is 0 Å². The van der Waals surface area contributed by atoms with E-state index in [0.29, 0.717) is 6.04 Å². The molecule has 2 N–H and O–H groups in total. The van der Waals surface area contributed by atoms with Crippen molar-refractivity contribution < 1.29 is 4.42 Å². The number of rotatable bonds is 5. The van der Waals surface area contributed by atoms with Crippen LogP contribution in [0.25, 0.3) is 0 Å². The maximum Gasteiger partial charge on any atom is 0.123 e. The summed E-state index contributed by atoms with van der Waals surface area (Å²) in [5.74, 6) is 0.989. The predicted molar refractivity (Wildman–Crippen MR) is 74.8 cm³/mol. The Bertz CT molecular complexity index is 515. The Balaban J connectivity index is 1.79. The summed E-state index contributed by atoms with van der Waals surface area (Å²) in [6, 6.07) is 8.66. The molecule has 3 rings (SSSR count). The summed E-state index contributed by atoms with van der Waals surface area (Å²) in [7, 11) is 0. The third kappa shape index (κ3) is 2.79. The predicted octanol–water partition coefficient (Wildman–Crippen LogP) is 2.86. The molecule has 1 unspecified atom stereocenters. The molecule has 0 spiro atoms. The number of anilines is 1. The average molecular weight is 257 g/mol. The first-order chi connectivity index (χ1) is 9.24. The molecule has 2 aromatic rings. The highest BCUT2D eigenvalue weighted by Crippen LogP contribution is 2.33. The van der Waals surface area contributed by atoms with Gasteiger partial charge in [-0.15, -0.1) is 0 Å². The largest absolute Gasteiger partial charge is 0.467 e. The fraction of sp³-hybridized carbons (Fsp3) is 0.400. The molecule has 1 saturated carbocycles. The standard InChI is InChI=1S/C15H19N3O/c1-11(16)15-7-6-13(9-17-15)18(12-4-5-12)10-14-3-2-8-19-14/h2-3,6-9,11-12H,4-5,10,16H2,1H3. The van der Waals surface area contributed by atoms with E-state index in [1.807, 2.05) is 31.3 Å². The van der Waals surface area contributed by atoms with Gasteiger partial charge in [0.05, 0.1) is 30.4 Å². The minimum absolute atomic E-state index is 0.0199. The van der Waals surface area contributed by atoms with Gasteiger partial charge < -0.3 is 15.1 Å². The Kier molecular flexibility index (Phi) is 3.25. The fourth-order valence-electron chi connectivity index (χ4n) is 2.22. The third-order valence-corrected chi connectivity index (χ3v) is 3.46. The first-order valence-corrected chi connectivity index (χ1v) is 6.74. The van der Waals surface area contributed by atoms with Gasteiger partial charge in [-0.2, -0.15) is 0 Å². The van der Waals surface area contributed by atoms with Gasteiger partial charge in [0, 0.05) is 12.1 Å². The number of nitrogens with two attached hydrogens (primary N) is 1. The van der Waals surface area contributed by atoms with Crippen LogP contribution in [0.2, 0.25) is 0 Å². The van der Waals surface area contributed by atoms with Crippen molar-refractivity contribution in [1.82, 2.24) is 4.98 Å². The molecule has 4 heteroatoms. The summed E-state index contributed by atoms with van der Waals surface area (Å²) in [4.78, 5) is 6.80. The minimum Gasteiger partial charge on any atom is -0.467 e. The lowest BCUT2D eigenvalue weighted by Crippen LogP contribution is -2.25. The molecule has 1 fully saturated rings. The highest BCUT2D eigenvalue weighted by Gasteiger charge is 2.30. The highest BCUT2D eigenvalue weighted by molar-refractivity contribution is 5.47. The van der Waals surface area contributed by atoms with Crippen molar-refractivity contribution in [2.24, 2.45) is 5.73 Å². The molecule has 0 saturated heterocycles. The van der Waals surface area contributed by atoms with Crippen molar-refractivity contribution in [2.75, 3.05) is 4.90 Å². The SMILES string of the molecule is CC(N)c1ccc(N(Cc2ccco2)C2CC2)cn1. The topological polar surface area (TPSA) is 55.3 Å². The second-order valence-electron chi connectivity index (χ2n) is 5.17. The molecular weight excluding hydrogens is 238 g/mol. The van der Waals surface area contributed by atoms with Crippen LogP contribution in [0.1, 0.15) is 37.3 Å². The zero-order valence-electron chi connectivity index (χ0n) is 11.1. The summed E-state index contributed by atoms with van der Waals surface area (Å²) in [5.41, 5.74) is 7.90. The van der Waals surface area contributed by atoms with Gasteiger partial charge in [-0.05, 0) is 44.0 Å². The molecule has 19 heavy (non-hydrogen) atoms. The normalized spacial score (nSPS) is 16.3. The first-order valence-electron chi connectivity index (χ1n) is 6.74. The van der Waals surface area contributed by atoms with Gasteiger partial charge in [0.25, 0.3) is 0 Å². The Morgan fingerprint density at radius 2 is 2.26 bits per heavy atom. The van der Waals surface area contributed by atoms with E-state index in [2.05, 4.69) is 16.0 Å². The molecule has 100 valence electrons. The van der Waals surface area contributed by atoms with Crippen LogP contribution in [-0.4, -0.2) is 11.0 Å². The summed E-state index contributed by atoms with van der Waals surface area (Å²) < 4.78 is 5.44. The molecular formula is C15H19N3O. The maximum atomic E-state index is 5.83. The first kappa shape index (κ1) is 12.2. The van der Waals surface area contributed by atoms with E-state index in [-0.39, 0.29) is 6.04 Å². The Hall–Kier alpha value is -1.81. The van der Waals surface area contributed by atoms with Crippen LogP contribution in [0.3, 0.4) is 0 Å². The van der Waals surface area contributed by atoms with Gasteiger partial charge in [0.2, 0.25) is 0 Å². The lowest BCUT2D eigenvalue weighted by Gasteiger charge is -2.23. The number of hydrogen-bond donors (Lipinski definition) is 1. The molecule has 1 aliphatic carbocycles. The second-order valence-corrected chi connectivity index (χ2v) is 5.17. The van der Waals surface area contributed by atoms with Crippen LogP contribution in [0.15, 0.2) is 41.1 Å². The molecule has 1 aliphatic rings. The quantitative estimate of drug-likeness (QED) is 0.894. The average Bonchev–Trinajstić information content (AvgIpc) is 3.13. The van der Waals surface area contributed by atoms with Gasteiger partial charge in [-0.25, -0.2) is 0 Å². The monoisotopic (exact) mass is 257 g/mol. The Morgan fingerprint density at radius 1 is 1.42 bits per heavy atom. The smallest absolute Gasteiger partial charge is 0.123 e. The Morgan fingerprint density at radius 3 is 2.79 bits per heavy atom. The fourth-order valence-corrected chi connectivity index (χ4v) is 2.22. The van der Waals surface area contributed by atoms with Crippen molar-refractivity contribution in [3.8, 4) is 0 Å². The van der Waals surface area contributed by atoms with E-state index in [9.17, 15) is 0 Å². The van der Waals surface area contributed by atoms with Crippen molar-refractivity contribution in [1.29, 1.82) is 0 Å². The van der Waals surface area contributed by atoms with E-state index in [4.69, 9.17) is 10.2 Å². The molecule has 0 bridgehead atoms. The number of aromatic nitrogens is 1. The molecule has 0 radical (unpaired) electrons. The van der Waals surface area contributed by atoms with Crippen LogP contribution in [0.4, 0.5) is 5.69 Å². The van der Waals surface area contributed by atoms with Crippen LogP contribution in [-0.2, 0) is 6.54 Å². The van der Waals surface area contributed by atoms with Crippen molar-refractivity contribution in [2.45, 2.75) is 38.4 Å². The zero-order chi connectivity index (χ0) is 13.2. The summed E-state index contributed by atoms with van der Waals surface area (Å²) in [6.45, 7) is 2.75. The maximum absolute atomic E-state index is 5.83. The van der Waals surface area contributed by atoms with E-state index < -0.39 is 0 Å². The lowest BCUT2D eigenvalue weighted by molar-refractivity contribution is 0.501. The molecule has 0 amide bonds. The van der Waals surface area contributed by atoms with Crippen molar-refractivity contribution in [3.63, 3.8) is 0 Å². The van der Waals surface area contributed by atoms with E-state index >= 15 is 0 Å². The molecule has 2 heterocycles. The van der Waals surface area contributed by atoms with Crippen molar-refractivity contribution in [3.05, 3.63) is 48.2 Å². The van der Waals surface area contributed by atoms with Gasteiger partial charge in [0.1, 0.15) is 5.76 Å². The summed E-state index contributed by atoms with van der Waals surface area (Å²) >= 11 is 0. The van der Waals surface area contributed by atoms with E-state index in [0.717, 1.165) is 23.7 Å². The second kappa shape index (κ2) is 5.05. The van der Waals surface area contributed by atoms with Crippen molar-refractivity contribution >= 4 is 5.69 Å². The Labute approximate surface area is 113 Å². The molecule has 0 aliphatic heterocycles. The number of furan rings is 1. The van der Waals surface area contributed by atoms with Gasteiger partial charge in [0.15, 0.2) is 0 Å². The van der Waals surface area contributed by atoms with E-state index in [1.54, 1.807) is 6.26 Å². The van der Waals surface area contributed by atoms with Gasteiger partial charge >= 0.3 is 0 Å². The number of nitrogens with zero attached hydrogens (tertiary/aromatic N) is 2. The summed E-state index contributed by atoms with van der Waals surface area (Å²) in [5, 5.41) is 0. The van der Waals surface area contributed by atoms with Crippen LogP contribution in [0, 0.1) is 0 Å². The lowest BCUT2D eigenvalue weighted by atomic mass is 10.2. The molecule has 2 aromatic heterocycles. The molecule has 4 nitrogen and oxygen atoms in total. The highest BCUT2D eigenvalue weighted by atomic mass is 16.3. The number of hydrogen-bond acceptors (Lipinski definition) is 4. The number of pyridine rings is 1. The van der Waals surface area contributed by atoms with Gasteiger partial charge in [-0.3, -0.25) is 4.98 Å². The zero-order valence-corrected chi connectivity index (χ0v) is 11.1. The molecule has 1 atom stereocenters.